The van der Waals surface area contributed by atoms with Crippen LogP contribution in [-0.4, -0.2) is 13.1 Å². The molecule has 0 bridgehead atoms. The van der Waals surface area contributed by atoms with Crippen LogP contribution in [0.3, 0.4) is 0 Å². The number of terminal acetylenes is 1. The Hall–Kier alpha value is -1.68. The zero-order chi connectivity index (χ0) is 15.9. The standard InChI is InChI=1S/C17H19FNP.C2H2/c18-16-11-13(2-4-17(16)20)9-12-1-3-14-5-7-19-8-6-15(14)10-12;1-2/h1-4,10-11,19H,5-9,20H2;1-2H. The van der Waals surface area contributed by atoms with Crippen LogP contribution in [0.5, 0.6) is 0 Å². The van der Waals surface area contributed by atoms with Gasteiger partial charge in [0.15, 0.2) is 0 Å². The van der Waals surface area contributed by atoms with Crippen molar-refractivity contribution in [1.82, 2.24) is 5.32 Å². The predicted molar refractivity (Wildman–Crippen MR) is 95.2 cm³/mol. The van der Waals surface area contributed by atoms with E-state index in [0.29, 0.717) is 5.30 Å². The normalized spacial score (nSPS) is 13.5. The molecule has 0 amide bonds. The molecule has 1 heterocycles. The van der Waals surface area contributed by atoms with Crippen molar-refractivity contribution in [2.75, 3.05) is 13.1 Å². The lowest BCUT2D eigenvalue weighted by atomic mass is 9.97. The molecule has 2 aromatic rings. The van der Waals surface area contributed by atoms with E-state index in [-0.39, 0.29) is 5.82 Å². The van der Waals surface area contributed by atoms with Crippen molar-refractivity contribution < 1.29 is 4.39 Å². The van der Waals surface area contributed by atoms with Crippen LogP contribution in [0.1, 0.15) is 22.3 Å². The molecule has 0 saturated carbocycles. The number of hydrogen-bond donors (Lipinski definition) is 1. The van der Waals surface area contributed by atoms with E-state index in [0.717, 1.165) is 37.9 Å². The molecule has 1 N–H and O–H groups in total. The second kappa shape index (κ2) is 8.08. The number of benzene rings is 2. The Morgan fingerprint density at radius 1 is 0.955 bits per heavy atom. The fraction of sp³-hybridized carbons (Fsp3) is 0.263. The summed E-state index contributed by atoms with van der Waals surface area (Å²) in [7, 11) is 2.42. The molecule has 3 rings (SSSR count). The zero-order valence-corrected chi connectivity index (χ0v) is 13.8. The summed E-state index contributed by atoms with van der Waals surface area (Å²) >= 11 is 0. The predicted octanol–water partition coefficient (Wildman–Crippen LogP) is 2.85. The number of hydrogen-bond acceptors (Lipinski definition) is 1. The zero-order valence-electron chi connectivity index (χ0n) is 12.6. The molecule has 1 aliphatic heterocycles. The number of halogens is 1. The highest BCUT2D eigenvalue weighted by molar-refractivity contribution is 7.27. The largest absolute Gasteiger partial charge is 0.316 e. The summed E-state index contributed by atoms with van der Waals surface area (Å²) in [6.45, 7) is 2.11. The van der Waals surface area contributed by atoms with Crippen molar-refractivity contribution in [3.05, 3.63) is 64.5 Å². The maximum atomic E-state index is 13.6. The molecular weight excluding hydrogens is 292 g/mol. The summed E-state index contributed by atoms with van der Waals surface area (Å²) in [6, 6.07) is 12.2. The third-order valence-electron chi connectivity index (χ3n) is 3.89. The average molecular weight is 313 g/mol. The number of nitrogens with one attached hydrogen (secondary N) is 1. The molecule has 0 saturated heterocycles. The topological polar surface area (TPSA) is 12.0 Å². The van der Waals surface area contributed by atoms with Crippen molar-refractivity contribution in [1.29, 1.82) is 0 Å². The second-order valence-electron chi connectivity index (χ2n) is 5.39. The van der Waals surface area contributed by atoms with Crippen LogP contribution in [0.4, 0.5) is 4.39 Å². The van der Waals surface area contributed by atoms with E-state index >= 15 is 0 Å². The van der Waals surface area contributed by atoms with Gasteiger partial charge in [-0.3, -0.25) is 0 Å². The third-order valence-corrected chi connectivity index (χ3v) is 4.35. The molecule has 2 aromatic carbocycles. The Labute approximate surface area is 134 Å². The molecule has 1 aliphatic rings. The van der Waals surface area contributed by atoms with Gasteiger partial charge in [0, 0.05) is 5.30 Å². The minimum Gasteiger partial charge on any atom is -0.316 e. The molecule has 0 aromatic heterocycles. The van der Waals surface area contributed by atoms with Gasteiger partial charge in [0.25, 0.3) is 0 Å². The third kappa shape index (κ3) is 4.17. The minimum atomic E-state index is -0.147. The molecule has 1 nitrogen and oxygen atoms in total. The highest BCUT2D eigenvalue weighted by Gasteiger charge is 2.08. The van der Waals surface area contributed by atoms with E-state index in [1.807, 2.05) is 12.1 Å². The lowest BCUT2D eigenvalue weighted by molar-refractivity contribution is 0.635. The van der Waals surface area contributed by atoms with Crippen LogP contribution in [0.15, 0.2) is 36.4 Å². The van der Waals surface area contributed by atoms with Crippen molar-refractivity contribution in [2.45, 2.75) is 19.3 Å². The highest BCUT2D eigenvalue weighted by atomic mass is 31.0. The van der Waals surface area contributed by atoms with Crippen molar-refractivity contribution in [3.63, 3.8) is 0 Å². The SMILES string of the molecule is C#C.Fc1cc(Cc2ccc3c(c2)CCNCC3)ccc1P. The Kier molecular flexibility index (Phi) is 6.13. The summed E-state index contributed by atoms with van der Waals surface area (Å²) in [5, 5.41) is 4.05. The molecular formula is C19H21FNP. The van der Waals surface area contributed by atoms with E-state index < -0.39 is 0 Å². The maximum absolute atomic E-state index is 13.6. The van der Waals surface area contributed by atoms with Gasteiger partial charge in [-0.25, -0.2) is 4.39 Å². The van der Waals surface area contributed by atoms with Crippen molar-refractivity contribution in [3.8, 4) is 12.8 Å². The highest BCUT2D eigenvalue weighted by Crippen LogP contribution is 2.18. The minimum absolute atomic E-state index is 0.147. The Morgan fingerprint density at radius 2 is 1.59 bits per heavy atom. The summed E-state index contributed by atoms with van der Waals surface area (Å²) in [5.74, 6) is -0.147. The Balaban J connectivity index is 0.000000847. The van der Waals surface area contributed by atoms with Gasteiger partial charge >= 0.3 is 0 Å². The summed E-state index contributed by atoms with van der Waals surface area (Å²) < 4.78 is 13.6. The van der Waals surface area contributed by atoms with Gasteiger partial charge in [-0.2, -0.15) is 0 Å². The van der Waals surface area contributed by atoms with E-state index in [4.69, 9.17) is 0 Å². The fourth-order valence-corrected chi connectivity index (χ4v) is 2.93. The second-order valence-corrected chi connectivity index (χ2v) is 6.01. The molecule has 0 spiro atoms. The van der Waals surface area contributed by atoms with Crippen LogP contribution >= 0.6 is 9.24 Å². The molecule has 0 radical (unpaired) electrons. The van der Waals surface area contributed by atoms with Crippen LogP contribution in [0.25, 0.3) is 0 Å². The van der Waals surface area contributed by atoms with Crippen LogP contribution < -0.4 is 10.6 Å². The van der Waals surface area contributed by atoms with E-state index in [2.05, 4.69) is 45.6 Å². The lowest BCUT2D eigenvalue weighted by Crippen LogP contribution is -2.16. The maximum Gasteiger partial charge on any atom is 0.130 e. The molecule has 114 valence electrons. The van der Waals surface area contributed by atoms with Crippen molar-refractivity contribution >= 4 is 14.5 Å². The first-order valence-electron chi connectivity index (χ1n) is 7.41. The van der Waals surface area contributed by atoms with E-state index in [1.165, 1.54) is 16.7 Å². The van der Waals surface area contributed by atoms with Crippen LogP contribution in [0.2, 0.25) is 0 Å². The Bertz CT molecular complexity index is 664. The first kappa shape index (κ1) is 16.7. The number of rotatable bonds is 2. The van der Waals surface area contributed by atoms with Gasteiger partial charge in [0.05, 0.1) is 0 Å². The molecule has 22 heavy (non-hydrogen) atoms. The fourth-order valence-electron chi connectivity index (χ4n) is 2.75. The molecule has 1 unspecified atom stereocenters. The quantitative estimate of drug-likeness (QED) is 0.664. The molecule has 0 aliphatic carbocycles. The molecule has 3 heteroatoms. The Morgan fingerprint density at radius 3 is 2.32 bits per heavy atom. The van der Waals surface area contributed by atoms with Gasteiger partial charge in [-0.15, -0.1) is 22.1 Å². The van der Waals surface area contributed by atoms with Crippen LogP contribution in [0, 0.1) is 18.7 Å². The van der Waals surface area contributed by atoms with E-state index in [1.54, 1.807) is 6.07 Å². The average Bonchev–Trinajstić information content (AvgIpc) is 2.78. The van der Waals surface area contributed by atoms with Crippen molar-refractivity contribution in [2.24, 2.45) is 0 Å². The van der Waals surface area contributed by atoms with Gasteiger partial charge in [-0.1, -0.05) is 30.3 Å². The van der Waals surface area contributed by atoms with Gasteiger partial charge in [-0.05, 0) is 60.7 Å². The monoisotopic (exact) mass is 313 g/mol. The van der Waals surface area contributed by atoms with E-state index in [9.17, 15) is 4.39 Å². The lowest BCUT2D eigenvalue weighted by Gasteiger charge is -2.09. The van der Waals surface area contributed by atoms with Crippen LogP contribution in [-0.2, 0) is 19.3 Å². The molecule has 0 fully saturated rings. The van der Waals surface area contributed by atoms with Gasteiger partial charge in [0.2, 0.25) is 0 Å². The molecule has 1 atom stereocenters. The summed E-state index contributed by atoms with van der Waals surface area (Å²) in [6.07, 6.45) is 11.0. The smallest absolute Gasteiger partial charge is 0.130 e. The number of fused-ring (bicyclic) bond motifs is 1. The summed E-state index contributed by atoms with van der Waals surface area (Å²) in [4.78, 5) is 0. The van der Waals surface area contributed by atoms with Gasteiger partial charge in [0.1, 0.15) is 5.82 Å². The summed E-state index contributed by atoms with van der Waals surface area (Å²) in [5.41, 5.74) is 5.18. The first-order valence-corrected chi connectivity index (χ1v) is 7.99. The first-order chi connectivity index (χ1) is 10.7. The van der Waals surface area contributed by atoms with Gasteiger partial charge < -0.3 is 5.32 Å².